The van der Waals surface area contributed by atoms with Gasteiger partial charge < -0.3 is 20.1 Å². The zero-order valence-corrected chi connectivity index (χ0v) is 20.1. The van der Waals surface area contributed by atoms with Gasteiger partial charge in [-0.2, -0.15) is 0 Å². The largest absolute Gasteiger partial charge is 0.481 e. The number of ether oxygens (including phenoxy) is 1. The highest BCUT2D eigenvalue weighted by Gasteiger charge is 2.42. The average Bonchev–Trinajstić information content (AvgIpc) is 3.33. The first kappa shape index (κ1) is 23.8. The number of benzene rings is 2. The first-order valence-corrected chi connectivity index (χ1v) is 11.7. The Labute approximate surface area is 200 Å². The molecule has 1 aliphatic heterocycles. The summed E-state index contributed by atoms with van der Waals surface area (Å²) in [4.78, 5) is 39.2. The van der Waals surface area contributed by atoms with E-state index in [9.17, 15) is 19.5 Å². The Bertz CT molecular complexity index is 1060. The quantitative estimate of drug-likeness (QED) is 0.694. The number of likely N-dealkylation sites (tertiary alicyclic amines) is 1. The summed E-state index contributed by atoms with van der Waals surface area (Å²) in [6.45, 7) is 8.10. The van der Waals surface area contributed by atoms with Crippen molar-refractivity contribution in [2.75, 3.05) is 19.7 Å². The molecule has 0 bridgehead atoms. The number of hydrogen-bond acceptors (Lipinski definition) is 4. The summed E-state index contributed by atoms with van der Waals surface area (Å²) in [5.74, 6) is -2.00. The molecule has 2 amide bonds. The molecule has 180 valence electrons. The van der Waals surface area contributed by atoms with E-state index in [1.165, 1.54) is 0 Å². The third-order valence-corrected chi connectivity index (χ3v) is 6.96. The van der Waals surface area contributed by atoms with Crippen LogP contribution in [-0.4, -0.2) is 53.7 Å². The fourth-order valence-corrected chi connectivity index (χ4v) is 5.06. The van der Waals surface area contributed by atoms with Crippen molar-refractivity contribution in [3.63, 3.8) is 0 Å². The third-order valence-electron chi connectivity index (χ3n) is 6.96. The molecule has 2 aromatic rings. The van der Waals surface area contributed by atoms with E-state index in [2.05, 4.69) is 29.6 Å². The van der Waals surface area contributed by atoms with E-state index in [1.807, 2.05) is 52.0 Å². The minimum Gasteiger partial charge on any atom is -0.481 e. The minimum atomic E-state index is -0.903. The van der Waals surface area contributed by atoms with Gasteiger partial charge in [0.15, 0.2) is 0 Å². The summed E-state index contributed by atoms with van der Waals surface area (Å²) in [5.41, 5.74) is 3.95. The van der Waals surface area contributed by atoms with Crippen LogP contribution in [0.25, 0.3) is 11.1 Å². The van der Waals surface area contributed by atoms with Crippen molar-refractivity contribution in [2.24, 2.45) is 17.3 Å². The number of hydrogen-bond donors (Lipinski definition) is 2. The number of carbonyl (C=O) groups is 3. The zero-order valence-electron chi connectivity index (χ0n) is 20.1. The Kier molecular flexibility index (Phi) is 6.39. The molecule has 7 heteroatoms. The van der Waals surface area contributed by atoms with Crippen molar-refractivity contribution in [1.29, 1.82) is 0 Å². The predicted octanol–water partition coefficient (Wildman–Crippen LogP) is 4.12. The molecule has 0 spiro atoms. The zero-order chi connectivity index (χ0) is 24.6. The van der Waals surface area contributed by atoms with Gasteiger partial charge in [-0.25, -0.2) is 4.79 Å². The molecule has 1 aliphatic carbocycles. The van der Waals surface area contributed by atoms with Crippen molar-refractivity contribution in [2.45, 2.75) is 39.7 Å². The topological polar surface area (TPSA) is 95.9 Å². The van der Waals surface area contributed by atoms with Crippen LogP contribution in [0.1, 0.15) is 44.7 Å². The van der Waals surface area contributed by atoms with E-state index in [4.69, 9.17) is 4.74 Å². The number of fused-ring (bicyclic) bond motifs is 3. The second kappa shape index (κ2) is 9.12. The van der Waals surface area contributed by atoms with Crippen LogP contribution >= 0.6 is 0 Å². The Morgan fingerprint density at radius 2 is 1.59 bits per heavy atom. The van der Waals surface area contributed by atoms with E-state index in [0.29, 0.717) is 6.54 Å². The summed E-state index contributed by atoms with van der Waals surface area (Å²) in [6.07, 6.45) is -0.655. The SMILES string of the molecule is C[C@@H]1CN(C(=O)C(NC(=O)OCC2c3ccccc3-c3ccccc32)C(C)(C)C)C[C@H]1C(=O)O. The molecule has 2 N–H and O–H groups in total. The Balaban J connectivity index is 1.45. The van der Waals surface area contributed by atoms with Crippen LogP contribution in [0.2, 0.25) is 0 Å². The van der Waals surface area contributed by atoms with Crippen LogP contribution in [0.15, 0.2) is 48.5 Å². The first-order valence-electron chi connectivity index (χ1n) is 11.7. The smallest absolute Gasteiger partial charge is 0.407 e. The highest BCUT2D eigenvalue weighted by Crippen LogP contribution is 2.44. The minimum absolute atomic E-state index is 0.0716. The van der Waals surface area contributed by atoms with Gasteiger partial charge >= 0.3 is 12.1 Å². The number of alkyl carbamates (subject to hydrolysis) is 1. The summed E-state index contributed by atoms with van der Waals surface area (Å²) in [6, 6.07) is 15.4. The second-order valence-corrected chi connectivity index (χ2v) is 10.4. The lowest BCUT2D eigenvalue weighted by Gasteiger charge is -2.33. The number of carboxylic acid groups (broad SMARTS) is 1. The predicted molar refractivity (Wildman–Crippen MR) is 128 cm³/mol. The summed E-state index contributed by atoms with van der Waals surface area (Å²) < 4.78 is 5.64. The lowest BCUT2D eigenvalue weighted by Crippen LogP contribution is -2.54. The molecule has 1 saturated heterocycles. The molecule has 1 heterocycles. The van der Waals surface area contributed by atoms with Gasteiger partial charge in [0.2, 0.25) is 5.91 Å². The average molecular weight is 465 g/mol. The van der Waals surface area contributed by atoms with Gasteiger partial charge in [-0.3, -0.25) is 9.59 Å². The number of nitrogens with one attached hydrogen (secondary N) is 1. The summed E-state index contributed by atoms with van der Waals surface area (Å²) >= 11 is 0. The molecule has 1 fully saturated rings. The van der Waals surface area contributed by atoms with Crippen molar-refractivity contribution < 1.29 is 24.2 Å². The number of carboxylic acids is 1. The van der Waals surface area contributed by atoms with E-state index >= 15 is 0 Å². The summed E-state index contributed by atoms with van der Waals surface area (Å²) in [5, 5.41) is 12.2. The molecule has 2 aromatic carbocycles. The van der Waals surface area contributed by atoms with Gasteiger partial charge in [-0.05, 0) is 33.6 Å². The maximum atomic E-state index is 13.3. The van der Waals surface area contributed by atoms with Crippen molar-refractivity contribution in [3.8, 4) is 11.1 Å². The van der Waals surface area contributed by atoms with Gasteiger partial charge in [-0.1, -0.05) is 76.2 Å². The summed E-state index contributed by atoms with van der Waals surface area (Å²) in [7, 11) is 0. The van der Waals surface area contributed by atoms with Gasteiger partial charge in [0.05, 0.1) is 5.92 Å². The molecule has 1 unspecified atom stereocenters. The molecule has 34 heavy (non-hydrogen) atoms. The molecule has 3 atom stereocenters. The lowest BCUT2D eigenvalue weighted by atomic mass is 9.86. The Morgan fingerprint density at radius 1 is 1.03 bits per heavy atom. The lowest BCUT2D eigenvalue weighted by molar-refractivity contribution is -0.142. The molecule has 2 aliphatic rings. The number of rotatable bonds is 5. The van der Waals surface area contributed by atoms with Crippen LogP contribution in [0.5, 0.6) is 0 Å². The fourth-order valence-electron chi connectivity index (χ4n) is 5.06. The van der Waals surface area contributed by atoms with Crippen LogP contribution in [0.3, 0.4) is 0 Å². The monoisotopic (exact) mass is 464 g/mol. The highest BCUT2D eigenvalue weighted by molar-refractivity contribution is 5.87. The normalized spacial score (nSPS) is 20.4. The van der Waals surface area contributed by atoms with E-state index in [0.717, 1.165) is 22.3 Å². The van der Waals surface area contributed by atoms with Gasteiger partial charge in [0.1, 0.15) is 12.6 Å². The standard InChI is InChI=1S/C27H32N2O5/c1-16-13-29(14-21(16)25(31)32)24(30)23(27(2,3)4)28-26(33)34-15-22-19-11-7-5-9-17(19)18-10-6-8-12-20(18)22/h5-12,16,21-23H,13-15H2,1-4H3,(H,28,33)(H,31,32)/t16-,21-,23?/m1/s1. The Hall–Kier alpha value is -3.35. The highest BCUT2D eigenvalue weighted by atomic mass is 16.5. The molecular formula is C27H32N2O5. The van der Waals surface area contributed by atoms with Crippen LogP contribution in [-0.2, 0) is 14.3 Å². The van der Waals surface area contributed by atoms with Crippen LogP contribution in [0.4, 0.5) is 4.79 Å². The van der Waals surface area contributed by atoms with E-state index in [1.54, 1.807) is 4.90 Å². The third kappa shape index (κ3) is 4.52. The van der Waals surface area contributed by atoms with Crippen molar-refractivity contribution in [1.82, 2.24) is 10.2 Å². The molecule has 0 saturated carbocycles. The maximum absolute atomic E-state index is 13.3. The van der Waals surface area contributed by atoms with Gasteiger partial charge in [-0.15, -0.1) is 0 Å². The molecule has 4 rings (SSSR count). The first-order chi connectivity index (χ1) is 16.1. The number of nitrogens with zero attached hydrogens (tertiary/aromatic N) is 1. The maximum Gasteiger partial charge on any atom is 0.407 e. The number of carbonyl (C=O) groups excluding carboxylic acids is 2. The Morgan fingerprint density at radius 3 is 2.09 bits per heavy atom. The van der Waals surface area contributed by atoms with Gasteiger partial charge in [0.25, 0.3) is 0 Å². The number of amides is 2. The molecule has 0 radical (unpaired) electrons. The van der Waals surface area contributed by atoms with Crippen molar-refractivity contribution >= 4 is 18.0 Å². The van der Waals surface area contributed by atoms with E-state index in [-0.39, 0.29) is 30.9 Å². The van der Waals surface area contributed by atoms with E-state index < -0.39 is 29.4 Å². The molecular weight excluding hydrogens is 432 g/mol. The fraction of sp³-hybridized carbons (Fsp3) is 0.444. The van der Waals surface area contributed by atoms with Crippen LogP contribution < -0.4 is 5.32 Å². The van der Waals surface area contributed by atoms with Gasteiger partial charge in [0, 0.05) is 19.0 Å². The molecule has 7 nitrogen and oxygen atoms in total. The van der Waals surface area contributed by atoms with Crippen molar-refractivity contribution in [3.05, 3.63) is 59.7 Å². The van der Waals surface area contributed by atoms with Crippen LogP contribution in [0, 0.1) is 17.3 Å². The second-order valence-electron chi connectivity index (χ2n) is 10.4. The number of aliphatic carboxylic acids is 1. The molecule has 0 aromatic heterocycles.